The largest absolute Gasteiger partial charge is 0.325 e. The monoisotopic (exact) mass is 255 g/mol. The summed E-state index contributed by atoms with van der Waals surface area (Å²) in [5, 5.41) is 0. The van der Waals surface area contributed by atoms with Crippen LogP contribution in [0.15, 0.2) is 48.8 Å². The van der Waals surface area contributed by atoms with Crippen LogP contribution >= 0.6 is 0 Å². The molecule has 2 aromatic rings. The molecule has 0 unspecified atom stereocenters. The highest BCUT2D eigenvalue weighted by Crippen LogP contribution is 2.22. The first-order valence-electron chi connectivity index (χ1n) is 6.64. The molecule has 0 aliphatic heterocycles. The highest BCUT2D eigenvalue weighted by atomic mass is 14.8. The summed E-state index contributed by atoms with van der Waals surface area (Å²) >= 11 is 0. The molecule has 2 N–H and O–H groups in total. The molecule has 0 atom stereocenters. The average molecular weight is 255 g/mol. The fraction of sp³-hybridized carbons (Fsp3) is 0.375. The topological polar surface area (TPSA) is 51.8 Å². The molecule has 2 rings (SSSR count). The van der Waals surface area contributed by atoms with Crippen molar-refractivity contribution >= 4 is 0 Å². The van der Waals surface area contributed by atoms with Crippen LogP contribution in [0, 0.1) is 5.92 Å². The maximum absolute atomic E-state index is 6.32. The summed E-state index contributed by atoms with van der Waals surface area (Å²) in [7, 11) is 0. The molecule has 0 radical (unpaired) electrons. The fourth-order valence-electron chi connectivity index (χ4n) is 2.14. The van der Waals surface area contributed by atoms with Gasteiger partial charge in [0.05, 0.1) is 0 Å². The molecular formula is C16H21N3. The van der Waals surface area contributed by atoms with Gasteiger partial charge >= 0.3 is 0 Å². The summed E-state index contributed by atoms with van der Waals surface area (Å²) in [6.45, 7) is 4.15. The van der Waals surface area contributed by atoms with Gasteiger partial charge in [-0.25, -0.2) is 0 Å². The fourth-order valence-corrected chi connectivity index (χ4v) is 2.14. The maximum atomic E-state index is 6.32. The Balaban J connectivity index is 2.13. The van der Waals surface area contributed by atoms with Gasteiger partial charge in [-0.2, -0.15) is 0 Å². The van der Waals surface area contributed by atoms with E-state index < -0.39 is 0 Å². The molecule has 100 valence electrons. The standard InChI is InChI=1S/C16H21N3/c1-16(2,17)13(11-14-7-3-5-9-18-14)12-15-8-4-6-10-19-15/h3-10,13H,11-12,17H2,1-2H3. The summed E-state index contributed by atoms with van der Waals surface area (Å²) < 4.78 is 0. The van der Waals surface area contributed by atoms with Crippen molar-refractivity contribution in [3.8, 4) is 0 Å². The smallest absolute Gasteiger partial charge is 0.0407 e. The van der Waals surface area contributed by atoms with E-state index in [-0.39, 0.29) is 5.54 Å². The summed E-state index contributed by atoms with van der Waals surface area (Å²) in [4.78, 5) is 8.80. The Bertz CT molecular complexity index is 447. The molecule has 19 heavy (non-hydrogen) atoms. The zero-order chi connectivity index (χ0) is 13.7. The van der Waals surface area contributed by atoms with Crippen LogP contribution in [0.1, 0.15) is 25.2 Å². The minimum Gasteiger partial charge on any atom is -0.325 e. The van der Waals surface area contributed by atoms with Gasteiger partial charge in [-0.15, -0.1) is 0 Å². The molecule has 3 heteroatoms. The van der Waals surface area contributed by atoms with E-state index >= 15 is 0 Å². The molecule has 3 nitrogen and oxygen atoms in total. The Morgan fingerprint density at radius 3 is 1.74 bits per heavy atom. The molecule has 2 aromatic heterocycles. The van der Waals surface area contributed by atoms with Crippen LogP contribution in [0.25, 0.3) is 0 Å². The van der Waals surface area contributed by atoms with Gasteiger partial charge in [-0.3, -0.25) is 9.97 Å². The summed E-state index contributed by atoms with van der Waals surface area (Å²) in [6.07, 6.45) is 5.41. The highest BCUT2D eigenvalue weighted by molar-refractivity contribution is 5.10. The lowest BCUT2D eigenvalue weighted by atomic mass is 9.81. The van der Waals surface area contributed by atoms with E-state index in [1.54, 1.807) is 0 Å². The van der Waals surface area contributed by atoms with Gasteiger partial charge in [0.2, 0.25) is 0 Å². The predicted octanol–water partition coefficient (Wildman–Crippen LogP) is 2.62. The molecule has 0 spiro atoms. The van der Waals surface area contributed by atoms with Crippen molar-refractivity contribution in [1.29, 1.82) is 0 Å². The first-order chi connectivity index (χ1) is 9.05. The molecule has 0 amide bonds. The van der Waals surface area contributed by atoms with E-state index in [2.05, 4.69) is 35.9 Å². The lowest BCUT2D eigenvalue weighted by molar-refractivity contribution is 0.311. The minimum atomic E-state index is -0.255. The third-order valence-electron chi connectivity index (χ3n) is 3.42. The van der Waals surface area contributed by atoms with Gasteiger partial charge in [0.1, 0.15) is 0 Å². The molecule has 0 saturated heterocycles. The molecule has 0 aromatic carbocycles. The Hall–Kier alpha value is -1.74. The molecule has 0 bridgehead atoms. The van der Waals surface area contributed by atoms with Crippen molar-refractivity contribution in [2.24, 2.45) is 11.7 Å². The first kappa shape index (κ1) is 13.7. The highest BCUT2D eigenvalue weighted by Gasteiger charge is 2.26. The summed E-state index contributed by atoms with van der Waals surface area (Å²) in [5.74, 6) is 0.317. The van der Waals surface area contributed by atoms with Crippen molar-refractivity contribution < 1.29 is 0 Å². The lowest BCUT2D eigenvalue weighted by Crippen LogP contribution is -2.43. The summed E-state index contributed by atoms with van der Waals surface area (Å²) in [5.41, 5.74) is 8.24. The van der Waals surface area contributed by atoms with Crippen LogP contribution in [-0.2, 0) is 12.8 Å². The zero-order valence-corrected chi connectivity index (χ0v) is 11.6. The zero-order valence-electron chi connectivity index (χ0n) is 11.6. The van der Waals surface area contributed by atoms with Crippen LogP contribution in [0.3, 0.4) is 0 Å². The van der Waals surface area contributed by atoms with Crippen molar-refractivity contribution in [1.82, 2.24) is 9.97 Å². The van der Waals surface area contributed by atoms with Crippen molar-refractivity contribution in [2.45, 2.75) is 32.2 Å². The molecular weight excluding hydrogens is 234 g/mol. The van der Waals surface area contributed by atoms with Gasteiger partial charge in [0, 0.05) is 29.3 Å². The second kappa shape index (κ2) is 5.93. The Morgan fingerprint density at radius 2 is 1.42 bits per heavy atom. The number of pyridine rings is 2. The van der Waals surface area contributed by atoms with Gasteiger partial charge in [-0.05, 0) is 56.9 Å². The normalized spacial score (nSPS) is 11.8. The SMILES string of the molecule is CC(C)(N)C(Cc1ccccn1)Cc1ccccn1. The minimum absolute atomic E-state index is 0.255. The van der Waals surface area contributed by atoms with Crippen LogP contribution < -0.4 is 5.73 Å². The first-order valence-corrected chi connectivity index (χ1v) is 6.64. The maximum Gasteiger partial charge on any atom is 0.0407 e. The van der Waals surface area contributed by atoms with Crippen LogP contribution in [0.4, 0.5) is 0 Å². The predicted molar refractivity (Wildman–Crippen MR) is 77.6 cm³/mol. The number of hydrogen-bond donors (Lipinski definition) is 1. The van der Waals surface area contributed by atoms with E-state index in [1.165, 1.54) is 0 Å². The van der Waals surface area contributed by atoms with E-state index in [9.17, 15) is 0 Å². The van der Waals surface area contributed by atoms with E-state index in [0.29, 0.717) is 5.92 Å². The number of nitrogens with two attached hydrogens (primary N) is 1. The molecule has 0 aliphatic rings. The Kier molecular flexibility index (Phi) is 4.27. The molecule has 0 aliphatic carbocycles. The van der Waals surface area contributed by atoms with Crippen molar-refractivity contribution in [3.63, 3.8) is 0 Å². The van der Waals surface area contributed by atoms with Crippen LogP contribution in [-0.4, -0.2) is 15.5 Å². The van der Waals surface area contributed by atoms with Crippen molar-refractivity contribution in [2.75, 3.05) is 0 Å². The second-order valence-electron chi connectivity index (χ2n) is 5.57. The van der Waals surface area contributed by atoms with Gasteiger partial charge < -0.3 is 5.73 Å². The molecule has 0 fully saturated rings. The Labute approximate surface area is 114 Å². The van der Waals surface area contributed by atoms with E-state index in [0.717, 1.165) is 24.2 Å². The van der Waals surface area contributed by atoms with E-state index in [1.807, 2.05) is 36.7 Å². The summed E-state index contributed by atoms with van der Waals surface area (Å²) in [6, 6.07) is 12.0. The van der Waals surface area contributed by atoms with E-state index in [4.69, 9.17) is 5.73 Å². The third-order valence-corrected chi connectivity index (χ3v) is 3.42. The van der Waals surface area contributed by atoms with Gasteiger partial charge in [0.25, 0.3) is 0 Å². The number of rotatable bonds is 5. The Morgan fingerprint density at radius 1 is 0.947 bits per heavy atom. The number of nitrogens with zero attached hydrogens (tertiary/aromatic N) is 2. The van der Waals surface area contributed by atoms with Crippen LogP contribution in [0.2, 0.25) is 0 Å². The number of hydrogen-bond acceptors (Lipinski definition) is 3. The lowest BCUT2D eigenvalue weighted by Gasteiger charge is -2.30. The van der Waals surface area contributed by atoms with Crippen molar-refractivity contribution in [3.05, 3.63) is 60.2 Å². The van der Waals surface area contributed by atoms with Gasteiger partial charge in [-0.1, -0.05) is 12.1 Å². The average Bonchev–Trinajstić information content (AvgIpc) is 2.39. The quantitative estimate of drug-likeness (QED) is 0.893. The molecule has 0 saturated carbocycles. The number of aromatic nitrogens is 2. The molecule has 2 heterocycles. The van der Waals surface area contributed by atoms with Gasteiger partial charge in [0.15, 0.2) is 0 Å². The third kappa shape index (κ3) is 4.14. The van der Waals surface area contributed by atoms with Crippen LogP contribution in [0.5, 0.6) is 0 Å². The second-order valence-corrected chi connectivity index (χ2v) is 5.57.